The van der Waals surface area contributed by atoms with Gasteiger partial charge < -0.3 is 5.11 Å². The fourth-order valence-electron chi connectivity index (χ4n) is 1.84. The van der Waals surface area contributed by atoms with Gasteiger partial charge in [-0.3, -0.25) is 4.68 Å². The molecule has 4 heteroatoms. The minimum Gasteiger partial charge on any atom is -0.396 e. The van der Waals surface area contributed by atoms with Crippen molar-refractivity contribution in [2.75, 3.05) is 6.61 Å². The molecular formula is C12H23N3O. The van der Waals surface area contributed by atoms with Crippen molar-refractivity contribution < 1.29 is 5.11 Å². The second kappa shape index (κ2) is 7.39. The van der Waals surface area contributed by atoms with E-state index in [0.717, 1.165) is 12.2 Å². The number of aliphatic hydroxyl groups excluding tert-OH is 1. The Bertz CT molecular complexity index is 286. The highest BCUT2D eigenvalue weighted by Gasteiger charge is 2.08. The van der Waals surface area contributed by atoms with Crippen molar-refractivity contribution in [2.24, 2.45) is 5.92 Å². The Morgan fingerprint density at radius 3 is 2.88 bits per heavy atom. The highest BCUT2D eigenvalue weighted by Crippen LogP contribution is 2.14. The summed E-state index contributed by atoms with van der Waals surface area (Å²) in [6.07, 6.45) is 7.55. The lowest BCUT2D eigenvalue weighted by molar-refractivity contribution is 0.298. The average molecular weight is 225 g/mol. The van der Waals surface area contributed by atoms with Crippen molar-refractivity contribution in [2.45, 2.75) is 52.5 Å². The van der Waals surface area contributed by atoms with Crippen molar-refractivity contribution in [1.82, 2.24) is 15.0 Å². The molecule has 1 N–H and O–H groups in total. The molecule has 0 radical (unpaired) electrons. The lowest BCUT2D eigenvalue weighted by Crippen LogP contribution is -2.10. The number of hydrogen-bond donors (Lipinski definition) is 1. The van der Waals surface area contributed by atoms with Crippen molar-refractivity contribution >= 4 is 0 Å². The molecule has 4 nitrogen and oxygen atoms in total. The van der Waals surface area contributed by atoms with E-state index in [1.165, 1.54) is 25.7 Å². The summed E-state index contributed by atoms with van der Waals surface area (Å²) in [5, 5.41) is 16.9. The summed E-state index contributed by atoms with van der Waals surface area (Å²) in [4.78, 5) is 0. The van der Waals surface area contributed by atoms with Gasteiger partial charge in [0.15, 0.2) is 0 Å². The standard InChI is InChI=1S/C12H23N3O/c1-3-5-6-11(4-2)9-15-10-12(7-8-16)13-14-15/h10-11,16H,3-9H2,1-2H3. The Balaban J connectivity index is 2.43. The molecule has 0 saturated carbocycles. The molecule has 1 unspecified atom stereocenters. The number of aromatic nitrogens is 3. The molecule has 1 aromatic heterocycles. The van der Waals surface area contributed by atoms with Gasteiger partial charge in [-0.25, -0.2) is 0 Å². The molecule has 1 heterocycles. The summed E-state index contributed by atoms with van der Waals surface area (Å²) in [5.41, 5.74) is 0.882. The molecule has 0 aliphatic rings. The average Bonchev–Trinajstić information content (AvgIpc) is 2.72. The van der Waals surface area contributed by atoms with Crippen molar-refractivity contribution in [3.63, 3.8) is 0 Å². The molecule has 0 fully saturated rings. The Morgan fingerprint density at radius 1 is 1.44 bits per heavy atom. The molecule has 0 bridgehead atoms. The van der Waals surface area contributed by atoms with E-state index in [4.69, 9.17) is 5.11 Å². The molecule has 1 aromatic rings. The van der Waals surface area contributed by atoms with E-state index in [1.54, 1.807) is 0 Å². The summed E-state index contributed by atoms with van der Waals surface area (Å²) < 4.78 is 1.91. The summed E-state index contributed by atoms with van der Waals surface area (Å²) in [7, 11) is 0. The van der Waals surface area contributed by atoms with Gasteiger partial charge in [-0.05, 0) is 12.3 Å². The predicted molar refractivity (Wildman–Crippen MR) is 64.1 cm³/mol. The van der Waals surface area contributed by atoms with E-state index in [-0.39, 0.29) is 6.61 Å². The molecule has 0 aromatic carbocycles. The van der Waals surface area contributed by atoms with E-state index < -0.39 is 0 Å². The smallest absolute Gasteiger partial charge is 0.0849 e. The zero-order valence-corrected chi connectivity index (χ0v) is 10.4. The van der Waals surface area contributed by atoms with E-state index in [0.29, 0.717) is 12.3 Å². The first-order chi connectivity index (χ1) is 7.80. The molecule has 16 heavy (non-hydrogen) atoms. The van der Waals surface area contributed by atoms with Crippen molar-refractivity contribution in [3.05, 3.63) is 11.9 Å². The van der Waals surface area contributed by atoms with Crippen molar-refractivity contribution in [3.8, 4) is 0 Å². The van der Waals surface area contributed by atoms with Crippen LogP contribution in [-0.2, 0) is 13.0 Å². The summed E-state index contributed by atoms with van der Waals surface area (Å²) in [5.74, 6) is 0.698. The highest BCUT2D eigenvalue weighted by atomic mass is 16.3. The van der Waals surface area contributed by atoms with Crippen LogP contribution in [0.1, 0.15) is 45.2 Å². The van der Waals surface area contributed by atoms with Gasteiger partial charge in [0.25, 0.3) is 0 Å². The maximum Gasteiger partial charge on any atom is 0.0849 e. The molecule has 0 amide bonds. The second-order valence-corrected chi connectivity index (χ2v) is 4.32. The quantitative estimate of drug-likeness (QED) is 0.736. The molecule has 0 aliphatic carbocycles. The third-order valence-corrected chi connectivity index (χ3v) is 2.94. The monoisotopic (exact) mass is 225 g/mol. The maximum atomic E-state index is 8.80. The van der Waals surface area contributed by atoms with E-state index >= 15 is 0 Å². The normalized spacial score (nSPS) is 12.9. The molecule has 0 aliphatic heterocycles. The molecular weight excluding hydrogens is 202 g/mol. The Hall–Kier alpha value is -0.900. The topological polar surface area (TPSA) is 50.9 Å². The minimum absolute atomic E-state index is 0.145. The van der Waals surface area contributed by atoms with Crippen LogP contribution in [0.4, 0.5) is 0 Å². The van der Waals surface area contributed by atoms with Crippen LogP contribution in [-0.4, -0.2) is 26.7 Å². The Kier molecular flexibility index (Phi) is 6.08. The van der Waals surface area contributed by atoms with Gasteiger partial charge in [0.2, 0.25) is 0 Å². The van der Waals surface area contributed by atoms with Gasteiger partial charge >= 0.3 is 0 Å². The predicted octanol–water partition coefficient (Wildman–Crippen LogP) is 2.03. The third kappa shape index (κ3) is 4.31. The second-order valence-electron chi connectivity index (χ2n) is 4.32. The van der Waals surface area contributed by atoms with Gasteiger partial charge in [-0.15, -0.1) is 5.10 Å². The summed E-state index contributed by atoms with van der Waals surface area (Å²) in [6.45, 7) is 5.55. The number of aliphatic hydroxyl groups is 1. The zero-order chi connectivity index (χ0) is 11.8. The van der Waals surface area contributed by atoms with Crippen LogP contribution in [0.3, 0.4) is 0 Å². The minimum atomic E-state index is 0.145. The van der Waals surface area contributed by atoms with Gasteiger partial charge in [-0.2, -0.15) is 0 Å². The highest BCUT2D eigenvalue weighted by molar-refractivity contribution is 4.92. The number of rotatable bonds is 8. The van der Waals surface area contributed by atoms with Crippen LogP contribution in [0, 0.1) is 5.92 Å². The number of nitrogens with zero attached hydrogens (tertiary/aromatic N) is 3. The fraction of sp³-hybridized carbons (Fsp3) is 0.833. The van der Waals surface area contributed by atoms with Gasteiger partial charge in [-0.1, -0.05) is 38.3 Å². The van der Waals surface area contributed by atoms with E-state index in [2.05, 4.69) is 24.2 Å². The first-order valence-electron chi connectivity index (χ1n) is 6.30. The van der Waals surface area contributed by atoms with Crippen LogP contribution in [0.25, 0.3) is 0 Å². The van der Waals surface area contributed by atoms with Crippen LogP contribution in [0.15, 0.2) is 6.20 Å². The Labute approximate surface area is 97.7 Å². The zero-order valence-electron chi connectivity index (χ0n) is 10.4. The lowest BCUT2D eigenvalue weighted by atomic mass is 9.99. The van der Waals surface area contributed by atoms with E-state index in [9.17, 15) is 0 Å². The molecule has 92 valence electrons. The van der Waals surface area contributed by atoms with Crippen LogP contribution in [0.2, 0.25) is 0 Å². The summed E-state index contributed by atoms with van der Waals surface area (Å²) >= 11 is 0. The number of unbranched alkanes of at least 4 members (excludes halogenated alkanes) is 1. The first-order valence-corrected chi connectivity index (χ1v) is 6.30. The lowest BCUT2D eigenvalue weighted by Gasteiger charge is -2.13. The first kappa shape index (κ1) is 13.2. The summed E-state index contributed by atoms with van der Waals surface area (Å²) in [6, 6.07) is 0. The van der Waals surface area contributed by atoms with Crippen LogP contribution < -0.4 is 0 Å². The van der Waals surface area contributed by atoms with Gasteiger partial charge in [0.05, 0.1) is 5.69 Å². The van der Waals surface area contributed by atoms with Gasteiger partial charge in [0.1, 0.15) is 0 Å². The Morgan fingerprint density at radius 2 is 2.25 bits per heavy atom. The molecule has 0 saturated heterocycles. The molecule has 0 spiro atoms. The molecule has 1 atom stereocenters. The van der Waals surface area contributed by atoms with E-state index in [1.807, 2.05) is 10.9 Å². The van der Waals surface area contributed by atoms with Crippen LogP contribution in [0.5, 0.6) is 0 Å². The molecule has 1 rings (SSSR count). The number of hydrogen-bond acceptors (Lipinski definition) is 3. The van der Waals surface area contributed by atoms with Crippen LogP contribution >= 0.6 is 0 Å². The third-order valence-electron chi connectivity index (χ3n) is 2.94. The van der Waals surface area contributed by atoms with Crippen molar-refractivity contribution in [1.29, 1.82) is 0 Å². The fourth-order valence-corrected chi connectivity index (χ4v) is 1.84. The SMILES string of the molecule is CCCCC(CC)Cn1cc(CCO)nn1. The van der Waals surface area contributed by atoms with Gasteiger partial charge in [0, 0.05) is 25.8 Å². The maximum absolute atomic E-state index is 8.80. The largest absolute Gasteiger partial charge is 0.396 e.